The first-order chi connectivity index (χ1) is 10.2. The molecule has 22 heavy (non-hydrogen) atoms. The predicted molar refractivity (Wildman–Crippen MR) is 87.3 cm³/mol. The van der Waals surface area contributed by atoms with Crippen LogP contribution in [0.15, 0.2) is 0 Å². The number of carbonyl (C=O) groups is 1. The zero-order chi connectivity index (χ0) is 16.5. The van der Waals surface area contributed by atoms with Crippen molar-refractivity contribution < 1.29 is 9.53 Å². The van der Waals surface area contributed by atoms with E-state index in [9.17, 15) is 4.79 Å². The Labute approximate surface area is 137 Å². The van der Waals surface area contributed by atoms with Crippen LogP contribution in [0.5, 0.6) is 0 Å². The average Bonchev–Trinajstić information content (AvgIpc) is 2.46. The number of anilines is 1. The molecule has 1 aromatic heterocycles. The lowest BCUT2D eigenvalue weighted by Gasteiger charge is -2.32. The zero-order valence-corrected chi connectivity index (χ0v) is 14.7. The van der Waals surface area contributed by atoms with Crippen LogP contribution >= 0.6 is 11.6 Å². The third-order valence-corrected chi connectivity index (χ3v) is 4.56. The van der Waals surface area contributed by atoms with Gasteiger partial charge in [0, 0.05) is 12.6 Å². The molecule has 0 fully saturated rings. The summed E-state index contributed by atoms with van der Waals surface area (Å²) in [5.74, 6) is 0.188. The molecule has 0 amide bonds. The lowest BCUT2D eigenvalue weighted by molar-refractivity contribution is -0.144. The molecule has 1 aliphatic carbocycles. The second kappa shape index (κ2) is 6.41. The summed E-state index contributed by atoms with van der Waals surface area (Å²) in [5, 5.41) is 0.496. The molecule has 5 nitrogen and oxygen atoms in total. The summed E-state index contributed by atoms with van der Waals surface area (Å²) in [6.07, 6.45) is 2.85. The Hall–Kier alpha value is -1.36. The van der Waals surface area contributed by atoms with Gasteiger partial charge in [0.05, 0.1) is 12.3 Å². The molecule has 0 saturated carbocycles. The summed E-state index contributed by atoms with van der Waals surface area (Å²) < 4.78 is 5.05. The van der Waals surface area contributed by atoms with Gasteiger partial charge in [0.15, 0.2) is 0 Å². The molecule has 0 aliphatic heterocycles. The Morgan fingerprint density at radius 2 is 2.14 bits per heavy atom. The van der Waals surface area contributed by atoms with Crippen molar-refractivity contribution in [1.82, 2.24) is 9.97 Å². The van der Waals surface area contributed by atoms with Gasteiger partial charge in [0.2, 0.25) is 5.95 Å². The van der Waals surface area contributed by atoms with Crippen molar-refractivity contribution >= 4 is 23.5 Å². The van der Waals surface area contributed by atoms with Crippen LogP contribution in [0.2, 0.25) is 5.15 Å². The number of aromatic nitrogens is 2. The molecule has 2 rings (SSSR count). The third kappa shape index (κ3) is 3.51. The highest BCUT2D eigenvalue weighted by Crippen LogP contribution is 2.37. The Kier molecular flexibility index (Phi) is 4.95. The van der Waals surface area contributed by atoms with Gasteiger partial charge >= 0.3 is 5.97 Å². The number of carbonyl (C=O) groups excluding carboxylic acids is 1. The Morgan fingerprint density at radius 3 is 2.77 bits per heavy atom. The first-order valence-corrected chi connectivity index (χ1v) is 8.07. The van der Waals surface area contributed by atoms with E-state index in [4.69, 9.17) is 16.3 Å². The largest absolute Gasteiger partial charge is 0.464 e. The van der Waals surface area contributed by atoms with Crippen LogP contribution in [0.1, 0.15) is 45.4 Å². The highest BCUT2D eigenvalue weighted by atomic mass is 35.5. The van der Waals surface area contributed by atoms with Gasteiger partial charge in [-0.15, -0.1) is 0 Å². The van der Waals surface area contributed by atoms with Crippen LogP contribution in [0.3, 0.4) is 0 Å². The number of esters is 1. The number of fused-ring (bicyclic) bond motifs is 1. The number of aryl methyl sites for hydroxylation is 1. The molecule has 0 bridgehead atoms. The van der Waals surface area contributed by atoms with E-state index in [2.05, 4.69) is 23.8 Å². The summed E-state index contributed by atoms with van der Waals surface area (Å²) in [4.78, 5) is 22.6. The minimum atomic E-state index is -0.450. The van der Waals surface area contributed by atoms with Crippen LogP contribution in [0.25, 0.3) is 0 Å². The predicted octanol–water partition coefficient (Wildman–Crippen LogP) is 3.03. The van der Waals surface area contributed by atoms with E-state index >= 15 is 0 Å². The first kappa shape index (κ1) is 17.0. The molecule has 1 unspecified atom stereocenters. The van der Waals surface area contributed by atoms with Crippen molar-refractivity contribution in [1.29, 1.82) is 0 Å². The SMILES string of the molecule is CCOC(=O)C(C)N(C)c1nc(Cl)c2c(n1)CCC(C)(C)C2. The maximum absolute atomic E-state index is 11.9. The molecule has 0 aromatic carbocycles. The normalized spacial score (nSPS) is 17.5. The fraction of sp³-hybridized carbons (Fsp3) is 0.688. The van der Waals surface area contributed by atoms with E-state index in [1.54, 1.807) is 25.8 Å². The van der Waals surface area contributed by atoms with Gasteiger partial charge in [-0.3, -0.25) is 0 Å². The minimum absolute atomic E-state index is 0.228. The molecule has 1 heterocycles. The van der Waals surface area contributed by atoms with Crippen molar-refractivity contribution in [2.75, 3.05) is 18.6 Å². The average molecular weight is 326 g/mol. The van der Waals surface area contributed by atoms with E-state index in [1.807, 2.05) is 0 Å². The number of likely N-dealkylation sites (N-methyl/N-ethyl adjacent to an activating group) is 1. The zero-order valence-electron chi connectivity index (χ0n) is 13.9. The molecule has 0 spiro atoms. The maximum atomic E-state index is 11.9. The lowest BCUT2D eigenvalue weighted by atomic mass is 9.76. The number of rotatable bonds is 4. The molecule has 1 atom stereocenters. The molecule has 6 heteroatoms. The molecule has 0 radical (unpaired) electrons. The van der Waals surface area contributed by atoms with Gasteiger partial charge < -0.3 is 9.64 Å². The van der Waals surface area contributed by atoms with Gasteiger partial charge in [0.25, 0.3) is 0 Å². The maximum Gasteiger partial charge on any atom is 0.328 e. The van der Waals surface area contributed by atoms with Gasteiger partial charge in [-0.25, -0.2) is 14.8 Å². The molecular formula is C16H24ClN3O2. The van der Waals surface area contributed by atoms with Crippen LogP contribution in [0, 0.1) is 5.41 Å². The summed E-state index contributed by atoms with van der Waals surface area (Å²) in [6.45, 7) is 8.39. The van der Waals surface area contributed by atoms with E-state index < -0.39 is 6.04 Å². The van der Waals surface area contributed by atoms with E-state index in [0.717, 1.165) is 30.5 Å². The molecule has 0 saturated heterocycles. The highest BCUT2D eigenvalue weighted by Gasteiger charge is 2.30. The van der Waals surface area contributed by atoms with Gasteiger partial charge in [-0.05, 0) is 38.5 Å². The molecule has 122 valence electrons. The fourth-order valence-electron chi connectivity index (χ4n) is 2.64. The summed E-state index contributed by atoms with van der Waals surface area (Å²) in [5.41, 5.74) is 2.27. The van der Waals surface area contributed by atoms with Crippen LogP contribution in [-0.4, -0.2) is 35.6 Å². The smallest absolute Gasteiger partial charge is 0.328 e. The standard InChI is InChI=1S/C16H24ClN3O2/c1-6-22-14(21)10(2)20(5)15-18-12-7-8-16(3,4)9-11(12)13(17)19-15/h10H,6-9H2,1-5H3. The Morgan fingerprint density at radius 1 is 1.45 bits per heavy atom. The van der Waals surface area contributed by atoms with Crippen molar-refractivity contribution in [3.05, 3.63) is 16.4 Å². The van der Waals surface area contributed by atoms with Crippen LogP contribution < -0.4 is 4.90 Å². The second-order valence-corrected chi connectivity index (χ2v) is 6.98. The highest BCUT2D eigenvalue weighted by molar-refractivity contribution is 6.30. The number of halogens is 1. The van der Waals surface area contributed by atoms with Crippen molar-refractivity contribution in [2.24, 2.45) is 5.41 Å². The number of hydrogen-bond donors (Lipinski definition) is 0. The monoisotopic (exact) mass is 325 g/mol. The Balaban J connectivity index is 2.27. The molecular weight excluding hydrogens is 302 g/mol. The second-order valence-electron chi connectivity index (χ2n) is 6.62. The lowest BCUT2D eigenvalue weighted by Crippen LogP contribution is -2.38. The number of ether oxygens (including phenoxy) is 1. The minimum Gasteiger partial charge on any atom is -0.464 e. The summed E-state index contributed by atoms with van der Waals surface area (Å²) >= 11 is 6.37. The van der Waals surface area contributed by atoms with E-state index in [-0.39, 0.29) is 11.4 Å². The van der Waals surface area contributed by atoms with Crippen LogP contribution in [-0.2, 0) is 22.4 Å². The summed E-state index contributed by atoms with van der Waals surface area (Å²) in [7, 11) is 1.78. The van der Waals surface area contributed by atoms with Gasteiger partial charge in [-0.1, -0.05) is 25.4 Å². The molecule has 1 aliphatic rings. The third-order valence-electron chi connectivity index (χ3n) is 4.25. The topological polar surface area (TPSA) is 55.3 Å². The van der Waals surface area contributed by atoms with Crippen molar-refractivity contribution in [3.8, 4) is 0 Å². The van der Waals surface area contributed by atoms with Gasteiger partial charge in [-0.2, -0.15) is 0 Å². The number of hydrogen-bond acceptors (Lipinski definition) is 5. The summed E-state index contributed by atoms with van der Waals surface area (Å²) in [6, 6.07) is -0.450. The van der Waals surface area contributed by atoms with Crippen molar-refractivity contribution in [2.45, 2.75) is 53.0 Å². The van der Waals surface area contributed by atoms with Gasteiger partial charge in [0.1, 0.15) is 11.2 Å². The van der Waals surface area contributed by atoms with Crippen molar-refractivity contribution in [3.63, 3.8) is 0 Å². The fourth-order valence-corrected chi connectivity index (χ4v) is 2.90. The van der Waals surface area contributed by atoms with E-state index in [0.29, 0.717) is 17.7 Å². The quantitative estimate of drug-likeness (QED) is 0.629. The Bertz CT molecular complexity index is 575. The molecule has 1 aromatic rings. The van der Waals surface area contributed by atoms with Crippen LogP contribution in [0.4, 0.5) is 5.95 Å². The van der Waals surface area contributed by atoms with E-state index in [1.165, 1.54) is 0 Å². The first-order valence-electron chi connectivity index (χ1n) is 7.70. The number of nitrogens with zero attached hydrogens (tertiary/aromatic N) is 3. The molecule has 0 N–H and O–H groups in total.